The Morgan fingerprint density at radius 1 is 1.10 bits per heavy atom. The number of sulfonamides is 1. The normalized spacial score (nSPS) is 11.3. The van der Waals surface area contributed by atoms with Crippen molar-refractivity contribution < 1.29 is 17.6 Å². The number of anilines is 2. The smallest absolute Gasteiger partial charge is 0.264 e. The molecule has 0 atom stereocenters. The SMILES string of the molecule is Cc1ccc(S(=O)(=O)N(CC(=O)Nc2ccc(Br)cc2F)c2cccc(Cl)c2Cl)cc1. The van der Waals surface area contributed by atoms with Crippen molar-refractivity contribution in [3.63, 3.8) is 0 Å². The molecule has 0 radical (unpaired) electrons. The van der Waals surface area contributed by atoms with Crippen LogP contribution in [0.5, 0.6) is 0 Å². The molecule has 0 aliphatic carbocycles. The van der Waals surface area contributed by atoms with Crippen LogP contribution >= 0.6 is 39.1 Å². The van der Waals surface area contributed by atoms with Gasteiger partial charge in [-0.15, -0.1) is 0 Å². The van der Waals surface area contributed by atoms with Crippen LogP contribution in [0.3, 0.4) is 0 Å². The summed E-state index contributed by atoms with van der Waals surface area (Å²) >= 11 is 15.5. The molecule has 162 valence electrons. The predicted octanol–water partition coefficient (Wildman–Crippen LogP) is 6.04. The Morgan fingerprint density at radius 2 is 1.77 bits per heavy atom. The van der Waals surface area contributed by atoms with Crippen molar-refractivity contribution >= 4 is 66.4 Å². The third kappa shape index (κ3) is 5.38. The minimum atomic E-state index is -4.19. The fourth-order valence-corrected chi connectivity index (χ4v) is 4.95. The van der Waals surface area contributed by atoms with E-state index in [4.69, 9.17) is 23.2 Å². The van der Waals surface area contributed by atoms with Crippen molar-refractivity contribution in [2.75, 3.05) is 16.2 Å². The molecular formula is C21H16BrCl2FN2O3S. The Hall–Kier alpha value is -2.13. The number of carbonyl (C=O) groups excluding carboxylic acids is 1. The standard InChI is InChI=1S/C21H16BrCl2FN2O3S/c1-13-5-8-15(9-6-13)31(29,30)27(19-4-2-3-16(23)21(19)24)12-20(28)26-18-10-7-14(22)11-17(18)25/h2-11H,12H2,1H3,(H,26,28). The lowest BCUT2D eigenvalue weighted by molar-refractivity contribution is -0.114. The highest BCUT2D eigenvalue weighted by Crippen LogP contribution is 2.35. The molecule has 0 bridgehead atoms. The number of nitrogens with one attached hydrogen (secondary N) is 1. The van der Waals surface area contributed by atoms with Gasteiger partial charge < -0.3 is 5.32 Å². The Kier molecular flexibility index (Phi) is 7.26. The number of benzene rings is 3. The van der Waals surface area contributed by atoms with Gasteiger partial charge in [-0.2, -0.15) is 0 Å². The van der Waals surface area contributed by atoms with Gasteiger partial charge in [0.2, 0.25) is 5.91 Å². The molecule has 31 heavy (non-hydrogen) atoms. The number of hydrogen-bond donors (Lipinski definition) is 1. The second-order valence-electron chi connectivity index (χ2n) is 6.57. The van der Waals surface area contributed by atoms with E-state index >= 15 is 0 Å². The summed E-state index contributed by atoms with van der Waals surface area (Å²) in [6.45, 7) is 1.17. The first-order valence-corrected chi connectivity index (χ1v) is 11.9. The Labute approximate surface area is 198 Å². The van der Waals surface area contributed by atoms with E-state index in [1.807, 2.05) is 6.92 Å². The van der Waals surface area contributed by atoms with Gasteiger partial charge in [-0.1, -0.05) is 62.9 Å². The van der Waals surface area contributed by atoms with Gasteiger partial charge >= 0.3 is 0 Å². The second kappa shape index (κ2) is 9.56. The zero-order valence-corrected chi connectivity index (χ0v) is 20.0. The largest absolute Gasteiger partial charge is 0.322 e. The molecule has 0 spiro atoms. The average molecular weight is 546 g/mol. The Bertz CT molecular complexity index is 1240. The molecule has 3 aromatic carbocycles. The first-order chi connectivity index (χ1) is 14.6. The van der Waals surface area contributed by atoms with Crippen molar-refractivity contribution in [2.45, 2.75) is 11.8 Å². The third-order valence-electron chi connectivity index (χ3n) is 4.30. The molecule has 0 aliphatic rings. The highest BCUT2D eigenvalue weighted by atomic mass is 79.9. The molecule has 1 amide bonds. The summed E-state index contributed by atoms with van der Waals surface area (Å²) in [5.41, 5.74) is 0.814. The highest BCUT2D eigenvalue weighted by Gasteiger charge is 2.29. The molecule has 3 rings (SSSR count). The molecule has 0 fully saturated rings. The maximum absolute atomic E-state index is 14.1. The van der Waals surface area contributed by atoms with Gasteiger partial charge in [-0.3, -0.25) is 9.10 Å². The van der Waals surface area contributed by atoms with E-state index in [-0.39, 0.29) is 26.3 Å². The number of nitrogens with zero attached hydrogens (tertiary/aromatic N) is 1. The van der Waals surface area contributed by atoms with E-state index in [0.717, 1.165) is 9.87 Å². The van der Waals surface area contributed by atoms with E-state index in [1.165, 1.54) is 42.5 Å². The second-order valence-corrected chi connectivity index (χ2v) is 10.1. The molecule has 0 heterocycles. The lowest BCUT2D eigenvalue weighted by Crippen LogP contribution is -2.38. The van der Waals surface area contributed by atoms with Crippen molar-refractivity contribution in [1.82, 2.24) is 0 Å². The first kappa shape index (κ1) is 23.5. The fourth-order valence-electron chi connectivity index (χ4n) is 2.73. The summed E-state index contributed by atoms with van der Waals surface area (Å²) < 4.78 is 42.2. The van der Waals surface area contributed by atoms with Crippen LogP contribution in [0.4, 0.5) is 15.8 Å². The van der Waals surface area contributed by atoms with Crippen LogP contribution in [-0.4, -0.2) is 20.9 Å². The van der Waals surface area contributed by atoms with Gasteiger partial charge in [0.25, 0.3) is 10.0 Å². The van der Waals surface area contributed by atoms with Crippen LogP contribution in [0.1, 0.15) is 5.56 Å². The number of amides is 1. The average Bonchev–Trinajstić information content (AvgIpc) is 2.71. The summed E-state index contributed by atoms with van der Waals surface area (Å²) in [6, 6.07) is 14.7. The maximum Gasteiger partial charge on any atom is 0.264 e. The van der Waals surface area contributed by atoms with Crippen LogP contribution in [0, 0.1) is 12.7 Å². The van der Waals surface area contributed by atoms with Crippen LogP contribution in [0.2, 0.25) is 10.0 Å². The lowest BCUT2D eigenvalue weighted by atomic mass is 10.2. The van der Waals surface area contributed by atoms with Gasteiger partial charge in [0.1, 0.15) is 12.4 Å². The number of carbonyl (C=O) groups is 1. The fraction of sp³-hybridized carbons (Fsp3) is 0.0952. The monoisotopic (exact) mass is 544 g/mol. The Balaban J connectivity index is 2.00. The zero-order valence-electron chi connectivity index (χ0n) is 16.1. The molecule has 0 unspecified atom stereocenters. The van der Waals surface area contributed by atoms with E-state index in [2.05, 4.69) is 21.2 Å². The topological polar surface area (TPSA) is 66.5 Å². The molecule has 5 nitrogen and oxygen atoms in total. The summed E-state index contributed by atoms with van der Waals surface area (Å²) in [7, 11) is -4.19. The maximum atomic E-state index is 14.1. The predicted molar refractivity (Wildman–Crippen MR) is 125 cm³/mol. The lowest BCUT2D eigenvalue weighted by Gasteiger charge is -2.25. The van der Waals surface area contributed by atoms with Gasteiger partial charge in [0.15, 0.2) is 0 Å². The van der Waals surface area contributed by atoms with Crippen LogP contribution in [0.15, 0.2) is 70.0 Å². The highest BCUT2D eigenvalue weighted by molar-refractivity contribution is 9.10. The van der Waals surface area contributed by atoms with Crippen molar-refractivity contribution in [2.24, 2.45) is 0 Å². The van der Waals surface area contributed by atoms with Crippen molar-refractivity contribution in [1.29, 1.82) is 0 Å². The third-order valence-corrected chi connectivity index (χ3v) is 7.38. The van der Waals surface area contributed by atoms with E-state index in [0.29, 0.717) is 4.47 Å². The van der Waals surface area contributed by atoms with Crippen molar-refractivity contribution in [3.05, 3.63) is 86.6 Å². The minimum Gasteiger partial charge on any atom is -0.322 e. The van der Waals surface area contributed by atoms with Gasteiger partial charge in [-0.25, -0.2) is 12.8 Å². The number of rotatable bonds is 6. The number of halogens is 4. The quantitative estimate of drug-likeness (QED) is 0.411. The van der Waals surface area contributed by atoms with Gasteiger partial charge in [0, 0.05) is 4.47 Å². The van der Waals surface area contributed by atoms with Crippen LogP contribution < -0.4 is 9.62 Å². The molecule has 1 N–H and O–H groups in total. The number of hydrogen-bond acceptors (Lipinski definition) is 3. The Morgan fingerprint density at radius 3 is 2.42 bits per heavy atom. The minimum absolute atomic E-state index is 0.0255. The van der Waals surface area contributed by atoms with E-state index < -0.39 is 28.3 Å². The summed E-state index contributed by atoms with van der Waals surface area (Å²) in [4.78, 5) is 12.7. The molecule has 10 heteroatoms. The summed E-state index contributed by atoms with van der Waals surface area (Å²) in [6.07, 6.45) is 0. The van der Waals surface area contributed by atoms with Gasteiger partial charge in [-0.05, 0) is 49.4 Å². The molecule has 0 aromatic heterocycles. The van der Waals surface area contributed by atoms with Gasteiger partial charge in [0.05, 0.1) is 26.3 Å². The summed E-state index contributed by atoms with van der Waals surface area (Å²) in [5, 5.41) is 2.49. The first-order valence-electron chi connectivity index (χ1n) is 8.88. The summed E-state index contributed by atoms with van der Waals surface area (Å²) in [5.74, 6) is -1.43. The zero-order chi connectivity index (χ0) is 22.8. The molecule has 0 saturated carbocycles. The molecule has 3 aromatic rings. The van der Waals surface area contributed by atoms with E-state index in [9.17, 15) is 17.6 Å². The molecular weight excluding hydrogens is 530 g/mol. The molecule has 0 aliphatic heterocycles. The van der Waals surface area contributed by atoms with Crippen LogP contribution in [0.25, 0.3) is 0 Å². The van der Waals surface area contributed by atoms with Crippen LogP contribution in [-0.2, 0) is 14.8 Å². The molecule has 0 saturated heterocycles. The van der Waals surface area contributed by atoms with Crippen molar-refractivity contribution in [3.8, 4) is 0 Å². The number of aryl methyl sites for hydroxylation is 1. The van der Waals surface area contributed by atoms with E-state index in [1.54, 1.807) is 18.2 Å².